The molecule has 4 heteroatoms. The van der Waals surface area contributed by atoms with E-state index in [1.807, 2.05) is 24.3 Å². The minimum Gasteiger partial charge on any atom is -0.328 e. The van der Waals surface area contributed by atoms with E-state index in [9.17, 15) is 4.79 Å². The molecule has 17 heavy (non-hydrogen) atoms. The molecule has 0 saturated heterocycles. The van der Waals surface area contributed by atoms with E-state index >= 15 is 0 Å². The van der Waals surface area contributed by atoms with Crippen LogP contribution in [0.2, 0.25) is 0 Å². The second-order valence-electron chi connectivity index (χ2n) is 3.69. The highest BCUT2D eigenvalue weighted by Crippen LogP contribution is 2.16. The van der Waals surface area contributed by atoms with Crippen LogP contribution in [0.5, 0.6) is 0 Å². The molecule has 3 rings (SSSR count). The second-order valence-corrected chi connectivity index (χ2v) is 3.69. The maximum atomic E-state index is 11.0. The van der Waals surface area contributed by atoms with Gasteiger partial charge in [0.15, 0.2) is 5.82 Å². The smallest absolute Gasteiger partial charge is 0.247 e. The number of nitrogens with one attached hydrogen (secondary N) is 1. The number of hydrogen-bond donors (Lipinski definition) is 1. The Morgan fingerprint density at radius 1 is 1.06 bits per heavy atom. The van der Waals surface area contributed by atoms with Crippen LogP contribution < -0.4 is 5.56 Å². The summed E-state index contributed by atoms with van der Waals surface area (Å²) >= 11 is 0. The van der Waals surface area contributed by atoms with Gasteiger partial charge in [-0.05, 0) is 12.1 Å². The van der Waals surface area contributed by atoms with Crippen LogP contribution in [0, 0.1) is 0 Å². The fraction of sp³-hybridized carbons (Fsp3) is 0. The topological polar surface area (TPSA) is 58.6 Å². The fourth-order valence-electron chi connectivity index (χ4n) is 1.66. The van der Waals surface area contributed by atoms with E-state index in [1.54, 1.807) is 18.5 Å². The summed E-state index contributed by atoms with van der Waals surface area (Å²) in [6.07, 6.45) is 3.40. The molecule has 0 radical (unpaired) electrons. The van der Waals surface area contributed by atoms with Crippen molar-refractivity contribution in [3.8, 4) is 11.4 Å². The molecule has 2 aromatic heterocycles. The largest absolute Gasteiger partial charge is 0.328 e. The first-order valence-corrected chi connectivity index (χ1v) is 5.24. The Kier molecular flexibility index (Phi) is 2.19. The number of aromatic nitrogens is 3. The Labute approximate surface area is 97.0 Å². The monoisotopic (exact) mass is 223 g/mol. The van der Waals surface area contributed by atoms with Crippen molar-refractivity contribution in [2.75, 3.05) is 0 Å². The summed E-state index contributed by atoms with van der Waals surface area (Å²) in [5.74, 6) is 0.611. The molecule has 2 heterocycles. The van der Waals surface area contributed by atoms with Gasteiger partial charge in [0.1, 0.15) is 0 Å². The van der Waals surface area contributed by atoms with E-state index in [0.717, 1.165) is 16.5 Å². The zero-order valence-electron chi connectivity index (χ0n) is 8.92. The van der Waals surface area contributed by atoms with Crippen LogP contribution >= 0.6 is 0 Å². The summed E-state index contributed by atoms with van der Waals surface area (Å²) in [7, 11) is 0. The van der Waals surface area contributed by atoms with Crippen molar-refractivity contribution >= 4 is 10.9 Å². The van der Waals surface area contributed by atoms with Crippen molar-refractivity contribution in [1.82, 2.24) is 15.0 Å². The average molecular weight is 223 g/mol. The van der Waals surface area contributed by atoms with Gasteiger partial charge >= 0.3 is 0 Å². The average Bonchev–Trinajstić information content (AvgIpc) is 2.39. The Morgan fingerprint density at radius 2 is 1.94 bits per heavy atom. The molecule has 4 nitrogen and oxygen atoms in total. The zero-order chi connectivity index (χ0) is 11.7. The molecule has 0 aliphatic rings. The Balaban J connectivity index is 2.17. The van der Waals surface area contributed by atoms with Crippen molar-refractivity contribution in [2.45, 2.75) is 0 Å². The number of pyridine rings is 1. The van der Waals surface area contributed by atoms with Gasteiger partial charge in [0.2, 0.25) is 5.56 Å². The van der Waals surface area contributed by atoms with Crippen molar-refractivity contribution < 1.29 is 0 Å². The molecule has 0 fully saturated rings. The van der Waals surface area contributed by atoms with Crippen LogP contribution in [0.15, 0.2) is 53.6 Å². The van der Waals surface area contributed by atoms with Crippen LogP contribution in [0.4, 0.5) is 0 Å². The number of hydrogen-bond acceptors (Lipinski definition) is 3. The molecule has 0 atom stereocenters. The van der Waals surface area contributed by atoms with Crippen LogP contribution in [0.25, 0.3) is 22.3 Å². The van der Waals surface area contributed by atoms with E-state index in [0.29, 0.717) is 5.82 Å². The van der Waals surface area contributed by atoms with E-state index in [2.05, 4.69) is 15.0 Å². The Bertz CT molecular complexity index is 713. The summed E-state index contributed by atoms with van der Waals surface area (Å²) in [6, 6.07) is 11.0. The van der Waals surface area contributed by atoms with Gasteiger partial charge in [-0.1, -0.05) is 18.2 Å². The number of para-hydroxylation sites is 1. The van der Waals surface area contributed by atoms with Crippen LogP contribution in [-0.2, 0) is 0 Å². The first-order valence-electron chi connectivity index (χ1n) is 5.24. The standard InChI is InChI=1S/C13H9N3O/c17-12-6-5-10(8-14-12)13-15-7-9-3-1-2-4-11(9)16-13/h1-8H,(H,14,17). The highest BCUT2D eigenvalue weighted by molar-refractivity contribution is 5.79. The summed E-state index contributed by atoms with van der Waals surface area (Å²) in [5, 5.41) is 1.00. The summed E-state index contributed by atoms with van der Waals surface area (Å²) in [4.78, 5) is 22.3. The molecule has 0 spiro atoms. The molecule has 0 aliphatic carbocycles. The van der Waals surface area contributed by atoms with E-state index in [-0.39, 0.29) is 5.56 Å². The lowest BCUT2D eigenvalue weighted by molar-refractivity contribution is 1.18. The maximum absolute atomic E-state index is 11.0. The van der Waals surface area contributed by atoms with Gasteiger partial charge in [0.05, 0.1) is 5.52 Å². The van der Waals surface area contributed by atoms with Gasteiger partial charge < -0.3 is 4.98 Å². The lowest BCUT2D eigenvalue weighted by atomic mass is 10.2. The third kappa shape index (κ3) is 1.80. The van der Waals surface area contributed by atoms with Crippen LogP contribution in [0.3, 0.4) is 0 Å². The summed E-state index contributed by atoms with van der Waals surface area (Å²) in [6.45, 7) is 0. The zero-order valence-corrected chi connectivity index (χ0v) is 8.92. The van der Waals surface area contributed by atoms with Gasteiger partial charge in [-0.3, -0.25) is 4.79 Å². The van der Waals surface area contributed by atoms with E-state index in [1.165, 1.54) is 6.07 Å². The first-order chi connectivity index (χ1) is 8.33. The molecule has 82 valence electrons. The maximum Gasteiger partial charge on any atom is 0.247 e. The molecule has 0 saturated carbocycles. The van der Waals surface area contributed by atoms with Gasteiger partial charge in [-0.2, -0.15) is 0 Å². The highest BCUT2D eigenvalue weighted by atomic mass is 16.1. The van der Waals surface area contributed by atoms with Gasteiger partial charge in [0.25, 0.3) is 0 Å². The molecule has 0 amide bonds. The van der Waals surface area contributed by atoms with E-state index < -0.39 is 0 Å². The number of rotatable bonds is 1. The number of aromatic amines is 1. The van der Waals surface area contributed by atoms with Crippen molar-refractivity contribution in [2.24, 2.45) is 0 Å². The highest BCUT2D eigenvalue weighted by Gasteiger charge is 2.02. The number of H-pyrrole nitrogens is 1. The Hall–Kier alpha value is -2.49. The van der Waals surface area contributed by atoms with Crippen LogP contribution in [-0.4, -0.2) is 15.0 Å². The SMILES string of the molecule is O=c1ccc(-c2ncc3ccccc3n2)c[nH]1. The first kappa shape index (κ1) is 9.72. The molecule has 0 aliphatic heterocycles. The summed E-state index contributed by atoms with van der Waals surface area (Å²) in [5.41, 5.74) is 1.56. The number of nitrogens with zero attached hydrogens (tertiary/aromatic N) is 2. The third-order valence-corrected chi connectivity index (χ3v) is 2.53. The molecule has 1 aromatic carbocycles. The minimum absolute atomic E-state index is 0.130. The predicted octanol–water partition coefficient (Wildman–Crippen LogP) is 1.99. The van der Waals surface area contributed by atoms with Crippen molar-refractivity contribution in [1.29, 1.82) is 0 Å². The quantitative estimate of drug-likeness (QED) is 0.686. The van der Waals surface area contributed by atoms with Crippen LogP contribution in [0.1, 0.15) is 0 Å². The predicted molar refractivity (Wildman–Crippen MR) is 65.6 cm³/mol. The fourth-order valence-corrected chi connectivity index (χ4v) is 1.66. The normalized spacial score (nSPS) is 10.6. The molecular weight excluding hydrogens is 214 g/mol. The lowest BCUT2D eigenvalue weighted by Gasteiger charge is -2.01. The van der Waals surface area contributed by atoms with E-state index in [4.69, 9.17) is 0 Å². The van der Waals surface area contributed by atoms with Gasteiger partial charge in [0, 0.05) is 29.4 Å². The van der Waals surface area contributed by atoms with Gasteiger partial charge in [-0.25, -0.2) is 9.97 Å². The molecular formula is C13H9N3O. The molecule has 0 bridgehead atoms. The summed E-state index contributed by atoms with van der Waals surface area (Å²) < 4.78 is 0. The van der Waals surface area contributed by atoms with Gasteiger partial charge in [-0.15, -0.1) is 0 Å². The lowest BCUT2D eigenvalue weighted by Crippen LogP contribution is -2.02. The minimum atomic E-state index is -0.130. The molecule has 0 unspecified atom stereocenters. The Morgan fingerprint density at radius 3 is 2.76 bits per heavy atom. The molecule has 3 aromatic rings. The number of benzene rings is 1. The third-order valence-electron chi connectivity index (χ3n) is 2.53. The molecule has 1 N–H and O–H groups in total. The van der Waals surface area contributed by atoms with Crippen molar-refractivity contribution in [3.63, 3.8) is 0 Å². The van der Waals surface area contributed by atoms with Crippen molar-refractivity contribution in [3.05, 3.63) is 59.1 Å². The second kappa shape index (κ2) is 3.83. The number of fused-ring (bicyclic) bond motifs is 1.